The predicted octanol–water partition coefficient (Wildman–Crippen LogP) is -0.870. The third-order valence-electron chi connectivity index (χ3n) is 4.05. The van der Waals surface area contributed by atoms with Crippen LogP contribution in [0.3, 0.4) is 0 Å². The van der Waals surface area contributed by atoms with Gasteiger partial charge >= 0.3 is 5.97 Å². The Morgan fingerprint density at radius 3 is 2.35 bits per heavy atom. The molecule has 2 aliphatic rings. The van der Waals surface area contributed by atoms with Crippen molar-refractivity contribution >= 4 is 5.97 Å². The van der Waals surface area contributed by atoms with E-state index in [1.165, 1.54) is 6.92 Å². The summed E-state index contributed by atoms with van der Waals surface area (Å²) in [6.07, 6.45) is -3.06. The number of rotatable bonds is 1. The first-order chi connectivity index (χ1) is 10.9. The van der Waals surface area contributed by atoms with Gasteiger partial charge < -0.3 is 25.2 Å². The molecule has 0 aromatic heterocycles. The van der Waals surface area contributed by atoms with Gasteiger partial charge in [-0.2, -0.15) is 0 Å². The minimum absolute atomic E-state index is 0.286. The van der Waals surface area contributed by atoms with E-state index in [2.05, 4.69) is 0 Å². The van der Waals surface area contributed by atoms with Gasteiger partial charge in [-0.1, -0.05) is 18.2 Å². The van der Waals surface area contributed by atoms with Crippen molar-refractivity contribution in [2.75, 3.05) is 13.1 Å². The second-order valence-electron chi connectivity index (χ2n) is 5.80. The zero-order valence-electron chi connectivity index (χ0n) is 12.9. The minimum Gasteiger partial charge on any atom is -0.427 e. The molecule has 0 radical (unpaired) electrons. The van der Waals surface area contributed by atoms with Crippen LogP contribution in [0.25, 0.3) is 0 Å². The topological polar surface area (TPSA) is 110 Å². The molecule has 23 heavy (non-hydrogen) atoms. The Bertz CT molecular complexity index is 511. The van der Waals surface area contributed by atoms with Crippen LogP contribution in [0.15, 0.2) is 30.3 Å². The molecule has 0 aliphatic carbocycles. The number of ether oxygens (including phenoxy) is 1. The van der Waals surface area contributed by atoms with Crippen molar-refractivity contribution in [3.05, 3.63) is 30.3 Å². The lowest BCUT2D eigenvalue weighted by Gasteiger charge is -2.40. The molecule has 3 rings (SSSR count). The molecule has 2 heterocycles. The Kier molecular flexibility index (Phi) is 6.09. The average Bonchev–Trinajstić information content (AvgIpc) is 2.87. The lowest BCUT2D eigenvalue weighted by Crippen LogP contribution is -2.61. The van der Waals surface area contributed by atoms with E-state index in [1.807, 2.05) is 23.1 Å². The van der Waals surface area contributed by atoms with E-state index < -0.39 is 30.5 Å². The van der Waals surface area contributed by atoms with Crippen LogP contribution in [-0.4, -0.2) is 74.8 Å². The molecule has 4 N–H and O–H groups in total. The van der Waals surface area contributed by atoms with E-state index in [1.54, 1.807) is 12.1 Å². The van der Waals surface area contributed by atoms with Gasteiger partial charge in [-0.25, -0.2) is 0 Å². The lowest BCUT2D eigenvalue weighted by atomic mass is 9.93. The van der Waals surface area contributed by atoms with E-state index >= 15 is 0 Å². The summed E-state index contributed by atoms with van der Waals surface area (Å²) in [6.45, 7) is 2.39. The van der Waals surface area contributed by atoms with Crippen LogP contribution < -0.4 is 4.74 Å². The molecular weight excluding hydrogens is 302 g/mol. The summed E-state index contributed by atoms with van der Waals surface area (Å²) in [5.41, 5.74) is 0. The highest BCUT2D eigenvalue weighted by Crippen LogP contribution is 2.27. The number of hydrogen-bond acceptors (Lipinski definition) is 7. The highest BCUT2D eigenvalue weighted by atomic mass is 16.5. The van der Waals surface area contributed by atoms with Gasteiger partial charge in [-0.15, -0.1) is 0 Å². The van der Waals surface area contributed by atoms with Gasteiger partial charge in [0.25, 0.3) is 0 Å². The Balaban J connectivity index is 0.000000174. The third-order valence-corrected chi connectivity index (χ3v) is 4.05. The van der Waals surface area contributed by atoms with Gasteiger partial charge in [0, 0.05) is 20.0 Å². The summed E-state index contributed by atoms with van der Waals surface area (Å²) < 4.78 is 4.78. The molecule has 7 nitrogen and oxygen atoms in total. The Hall–Kier alpha value is -1.51. The van der Waals surface area contributed by atoms with Crippen LogP contribution in [0.2, 0.25) is 0 Å². The Morgan fingerprint density at radius 2 is 1.74 bits per heavy atom. The van der Waals surface area contributed by atoms with Crippen LogP contribution in [0.4, 0.5) is 0 Å². The van der Waals surface area contributed by atoms with Gasteiger partial charge in [0.15, 0.2) is 0 Å². The minimum atomic E-state index is -1.13. The summed E-state index contributed by atoms with van der Waals surface area (Å²) in [5.74, 6) is 0.307. The number of aliphatic hydroxyl groups excluding tert-OH is 4. The van der Waals surface area contributed by atoms with Crippen molar-refractivity contribution in [3.63, 3.8) is 0 Å². The predicted molar refractivity (Wildman–Crippen MR) is 81.8 cm³/mol. The molecule has 1 aromatic rings. The molecule has 0 amide bonds. The summed E-state index contributed by atoms with van der Waals surface area (Å²) >= 11 is 0. The van der Waals surface area contributed by atoms with E-state index in [0.29, 0.717) is 25.3 Å². The van der Waals surface area contributed by atoms with Crippen molar-refractivity contribution in [2.24, 2.45) is 0 Å². The van der Waals surface area contributed by atoms with Gasteiger partial charge in [0.2, 0.25) is 0 Å². The SMILES string of the molecule is CC(=O)Oc1ccccc1.OC1CN2CCC(O)C2C(O)C1O. The number of benzene rings is 1. The second kappa shape index (κ2) is 7.85. The summed E-state index contributed by atoms with van der Waals surface area (Å²) in [6, 6.07) is 8.57. The first kappa shape index (κ1) is 17.8. The quantitative estimate of drug-likeness (QED) is 0.392. The van der Waals surface area contributed by atoms with Crippen molar-refractivity contribution in [1.29, 1.82) is 0 Å². The van der Waals surface area contributed by atoms with Crippen molar-refractivity contribution in [3.8, 4) is 5.75 Å². The largest absolute Gasteiger partial charge is 0.427 e. The second-order valence-corrected chi connectivity index (χ2v) is 5.80. The number of para-hydroxylation sites is 1. The molecule has 5 unspecified atom stereocenters. The molecule has 7 heteroatoms. The fraction of sp³-hybridized carbons (Fsp3) is 0.562. The van der Waals surface area contributed by atoms with E-state index in [-0.39, 0.29) is 5.97 Å². The Morgan fingerprint density at radius 1 is 1.09 bits per heavy atom. The molecule has 2 saturated heterocycles. The number of aliphatic hydroxyl groups is 4. The monoisotopic (exact) mass is 325 g/mol. The maximum Gasteiger partial charge on any atom is 0.308 e. The number of fused-ring (bicyclic) bond motifs is 1. The van der Waals surface area contributed by atoms with Crippen LogP contribution in [0, 0.1) is 0 Å². The molecule has 2 aliphatic heterocycles. The summed E-state index contributed by atoms with van der Waals surface area (Å²) in [4.78, 5) is 12.2. The normalized spacial score (nSPS) is 33.3. The molecule has 0 saturated carbocycles. The fourth-order valence-electron chi connectivity index (χ4n) is 2.95. The molecular formula is C16H23NO6. The zero-order chi connectivity index (χ0) is 17.0. The van der Waals surface area contributed by atoms with Gasteiger partial charge in [0.05, 0.1) is 18.2 Å². The number of carbonyl (C=O) groups excluding carboxylic acids is 1. The van der Waals surface area contributed by atoms with Crippen LogP contribution in [0.1, 0.15) is 13.3 Å². The molecule has 128 valence electrons. The number of esters is 1. The van der Waals surface area contributed by atoms with Crippen LogP contribution in [-0.2, 0) is 4.79 Å². The first-order valence-corrected chi connectivity index (χ1v) is 7.60. The molecule has 5 atom stereocenters. The average molecular weight is 325 g/mol. The number of piperidine rings is 1. The maximum atomic E-state index is 10.4. The fourth-order valence-corrected chi connectivity index (χ4v) is 2.95. The van der Waals surface area contributed by atoms with Crippen LogP contribution >= 0.6 is 0 Å². The standard InChI is InChI=1S/C8H15NO4.C8H8O2/c10-4-1-2-9-3-5(11)7(12)8(13)6(4)9;1-7(9)10-8-5-3-2-4-6-8/h4-8,10-13H,1-3H2;2-6H,1H3. The number of carbonyl (C=O) groups is 1. The summed E-state index contributed by atoms with van der Waals surface area (Å²) in [7, 11) is 0. The zero-order valence-corrected chi connectivity index (χ0v) is 12.9. The first-order valence-electron chi connectivity index (χ1n) is 7.60. The molecule has 0 spiro atoms. The maximum absolute atomic E-state index is 10.4. The number of nitrogens with zero attached hydrogens (tertiary/aromatic N) is 1. The highest BCUT2D eigenvalue weighted by molar-refractivity contribution is 5.69. The van der Waals surface area contributed by atoms with E-state index in [0.717, 1.165) is 0 Å². The van der Waals surface area contributed by atoms with Gasteiger partial charge in [-0.05, 0) is 18.6 Å². The van der Waals surface area contributed by atoms with Gasteiger partial charge in [-0.3, -0.25) is 9.69 Å². The highest BCUT2D eigenvalue weighted by Gasteiger charge is 2.47. The lowest BCUT2D eigenvalue weighted by molar-refractivity contribution is -0.140. The Labute approximate surface area is 134 Å². The van der Waals surface area contributed by atoms with Crippen molar-refractivity contribution in [2.45, 2.75) is 43.8 Å². The molecule has 0 bridgehead atoms. The van der Waals surface area contributed by atoms with Crippen molar-refractivity contribution in [1.82, 2.24) is 4.90 Å². The van der Waals surface area contributed by atoms with E-state index in [9.17, 15) is 25.2 Å². The van der Waals surface area contributed by atoms with Crippen LogP contribution in [0.5, 0.6) is 5.75 Å². The number of hydrogen-bond donors (Lipinski definition) is 4. The summed E-state index contributed by atoms with van der Waals surface area (Å²) in [5, 5.41) is 37.8. The molecule has 2 fully saturated rings. The third kappa shape index (κ3) is 4.49. The van der Waals surface area contributed by atoms with Gasteiger partial charge in [0.1, 0.15) is 18.0 Å². The molecule has 1 aromatic carbocycles. The van der Waals surface area contributed by atoms with E-state index in [4.69, 9.17) is 4.74 Å². The van der Waals surface area contributed by atoms with Crippen molar-refractivity contribution < 1.29 is 30.0 Å². The smallest absolute Gasteiger partial charge is 0.308 e.